The van der Waals surface area contributed by atoms with Crippen LogP contribution >= 0.6 is 0 Å². The van der Waals surface area contributed by atoms with E-state index in [2.05, 4.69) is 13.0 Å². The lowest BCUT2D eigenvalue weighted by atomic mass is 9.83. The van der Waals surface area contributed by atoms with Crippen molar-refractivity contribution in [2.45, 2.75) is 25.7 Å². The predicted molar refractivity (Wildman–Crippen MR) is 137 cm³/mol. The smallest absolute Gasteiger partial charge is 0.343 e. The van der Waals surface area contributed by atoms with E-state index < -0.39 is 11.9 Å². The van der Waals surface area contributed by atoms with Crippen molar-refractivity contribution < 1.29 is 28.5 Å². The zero-order chi connectivity index (χ0) is 26.4. The normalized spacial score (nSPS) is 14.2. The number of nitriles is 1. The first-order valence-electron chi connectivity index (χ1n) is 11.9. The highest BCUT2D eigenvalue weighted by atomic mass is 16.5. The Morgan fingerprint density at radius 1 is 1.00 bits per heavy atom. The number of rotatable bonds is 9. The van der Waals surface area contributed by atoms with Crippen molar-refractivity contribution >= 4 is 5.97 Å². The summed E-state index contributed by atoms with van der Waals surface area (Å²) in [7, 11) is 3.12. The van der Waals surface area contributed by atoms with Gasteiger partial charge in [0, 0.05) is 11.6 Å². The molecule has 0 spiro atoms. The number of hydrogen-bond acceptors (Lipinski definition) is 8. The molecular weight excluding hydrogens is 472 g/mol. The van der Waals surface area contributed by atoms with Crippen LogP contribution in [0.3, 0.4) is 0 Å². The summed E-state index contributed by atoms with van der Waals surface area (Å²) in [4.78, 5) is 12.6. The number of nitrogens with zero attached hydrogens (tertiary/aromatic N) is 1. The summed E-state index contributed by atoms with van der Waals surface area (Å²) in [6.07, 6.45) is 1.95. The molecule has 0 fully saturated rings. The molecule has 0 radical (unpaired) electrons. The monoisotopic (exact) mass is 500 g/mol. The molecule has 3 aromatic carbocycles. The maximum atomic E-state index is 12.6. The summed E-state index contributed by atoms with van der Waals surface area (Å²) in [6, 6.07) is 19.3. The number of hydrogen-bond donors (Lipinski definition) is 1. The molecule has 1 heterocycles. The van der Waals surface area contributed by atoms with Gasteiger partial charge in [-0.15, -0.1) is 0 Å². The lowest BCUT2D eigenvalue weighted by molar-refractivity contribution is 0.0734. The van der Waals surface area contributed by atoms with Crippen molar-refractivity contribution in [3.8, 4) is 34.8 Å². The average Bonchev–Trinajstić information content (AvgIpc) is 2.92. The molecular formula is C29H28N2O6. The Labute approximate surface area is 215 Å². The fourth-order valence-electron chi connectivity index (χ4n) is 4.04. The van der Waals surface area contributed by atoms with Crippen molar-refractivity contribution in [1.82, 2.24) is 0 Å². The van der Waals surface area contributed by atoms with E-state index in [4.69, 9.17) is 29.4 Å². The minimum absolute atomic E-state index is 0.0131. The molecule has 3 aromatic rings. The molecule has 37 heavy (non-hydrogen) atoms. The van der Waals surface area contributed by atoms with E-state index in [1.54, 1.807) is 56.7 Å². The number of esters is 1. The lowest BCUT2D eigenvalue weighted by Crippen LogP contribution is -2.21. The number of methoxy groups -OCH3 is 2. The topological polar surface area (TPSA) is 113 Å². The van der Waals surface area contributed by atoms with Gasteiger partial charge in [-0.05, 0) is 54.4 Å². The third-order valence-corrected chi connectivity index (χ3v) is 6.00. The lowest BCUT2D eigenvalue weighted by Gasteiger charge is -2.27. The van der Waals surface area contributed by atoms with Crippen LogP contribution in [0.1, 0.15) is 47.2 Å². The maximum absolute atomic E-state index is 12.6. The van der Waals surface area contributed by atoms with Crippen LogP contribution in [0, 0.1) is 11.3 Å². The Kier molecular flexibility index (Phi) is 7.84. The first-order valence-corrected chi connectivity index (χ1v) is 11.9. The fourth-order valence-corrected chi connectivity index (χ4v) is 4.04. The molecule has 8 heteroatoms. The van der Waals surface area contributed by atoms with Crippen LogP contribution in [0.15, 0.2) is 72.1 Å². The molecule has 0 bridgehead atoms. The van der Waals surface area contributed by atoms with Gasteiger partial charge in [-0.25, -0.2) is 4.79 Å². The second-order valence-corrected chi connectivity index (χ2v) is 8.35. The van der Waals surface area contributed by atoms with Gasteiger partial charge >= 0.3 is 5.97 Å². The van der Waals surface area contributed by atoms with Crippen molar-refractivity contribution in [2.24, 2.45) is 5.73 Å². The standard InChI is InChI=1S/C29H28N2O6/c1-4-5-14-35-24-13-8-19(15-26(24)34-3)27-22-12-11-21(16-25(22)37-28(31)23(27)17-30)36-29(32)18-6-9-20(33-2)10-7-18/h6-13,15-16,27H,4-5,14,31H2,1-3H3. The molecule has 0 aromatic heterocycles. The minimum atomic E-state index is -0.528. The van der Waals surface area contributed by atoms with E-state index in [0.717, 1.165) is 18.4 Å². The van der Waals surface area contributed by atoms with E-state index in [0.29, 0.717) is 40.7 Å². The molecule has 1 aliphatic rings. The molecule has 190 valence electrons. The SMILES string of the molecule is CCCCOc1ccc(C2C(C#N)=C(N)Oc3cc(OC(=O)c4ccc(OC)cc4)ccc32)cc1OC. The van der Waals surface area contributed by atoms with Crippen LogP contribution < -0.4 is 29.4 Å². The van der Waals surface area contributed by atoms with Crippen molar-refractivity contribution in [3.05, 3.63) is 88.8 Å². The van der Waals surface area contributed by atoms with E-state index in [-0.39, 0.29) is 17.2 Å². The molecule has 0 aliphatic carbocycles. The summed E-state index contributed by atoms with van der Waals surface area (Å²) < 4.78 is 27.8. The predicted octanol–water partition coefficient (Wildman–Crippen LogP) is 5.32. The van der Waals surface area contributed by atoms with Crippen LogP contribution in [0.25, 0.3) is 0 Å². The molecule has 0 saturated carbocycles. The second kappa shape index (κ2) is 11.4. The first-order chi connectivity index (χ1) is 18.0. The average molecular weight is 501 g/mol. The Bertz CT molecular complexity index is 1360. The number of benzene rings is 3. The highest BCUT2D eigenvalue weighted by Crippen LogP contribution is 2.45. The minimum Gasteiger partial charge on any atom is -0.497 e. The maximum Gasteiger partial charge on any atom is 0.343 e. The van der Waals surface area contributed by atoms with Gasteiger partial charge in [-0.1, -0.05) is 25.5 Å². The Hall–Kier alpha value is -4.64. The molecule has 2 N–H and O–H groups in total. The van der Waals surface area contributed by atoms with Crippen LogP contribution in [-0.4, -0.2) is 26.8 Å². The van der Waals surface area contributed by atoms with Crippen LogP contribution in [0.4, 0.5) is 0 Å². The van der Waals surface area contributed by atoms with Gasteiger partial charge in [0.2, 0.25) is 5.88 Å². The Morgan fingerprint density at radius 3 is 2.43 bits per heavy atom. The molecule has 1 aliphatic heterocycles. The zero-order valence-corrected chi connectivity index (χ0v) is 20.9. The molecule has 4 rings (SSSR count). The second-order valence-electron chi connectivity index (χ2n) is 8.35. The van der Waals surface area contributed by atoms with Gasteiger partial charge in [0.25, 0.3) is 0 Å². The van der Waals surface area contributed by atoms with E-state index in [1.807, 2.05) is 18.2 Å². The quantitative estimate of drug-likeness (QED) is 0.239. The molecule has 0 amide bonds. The van der Waals surface area contributed by atoms with Gasteiger partial charge in [-0.2, -0.15) is 5.26 Å². The van der Waals surface area contributed by atoms with Gasteiger partial charge in [0.1, 0.15) is 28.9 Å². The number of unbranched alkanes of at least 4 members (excludes halogenated alkanes) is 1. The third-order valence-electron chi connectivity index (χ3n) is 6.00. The Balaban J connectivity index is 1.64. The Morgan fingerprint density at radius 2 is 1.76 bits per heavy atom. The summed E-state index contributed by atoms with van der Waals surface area (Å²) in [5.41, 5.74) is 8.28. The largest absolute Gasteiger partial charge is 0.497 e. The number of carbonyl (C=O) groups is 1. The third kappa shape index (κ3) is 5.46. The van der Waals surface area contributed by atoms with E-state index in [1.165, 1.54) is 0 Å². The van der Waals surface area contributed by atoms with Crippen LogP contribution in [-0.2, 0) is 0 Å². The molecule has 0 saturated heterocycles. The fraction of sp³-hybridized carbons (Fsp3) is 0.241. The molecule has 1 unspecified atom stereocenters. The van der Waals surface area contributed by atoms with Gasteiger partial charge in [-0.3, -0.25) is 0 Å². The number of carbonyl (C=O) groups excluding carboxylic acids is 1. The van der Waals surface area contributed by atoms with Gasteiger partial charge in [0.05, 0.1) is 32.3 Å². The highest BCUT2D eigenvalue weighted by Gasteiger charge is 2.32. The summed E-state index contributed by atoms with van der Waals surface area (Å²) >= 11 is 0. The van der Waals surface area contributed by atoms with Crippen LogP contribution in [0.2, 0.25) is 0 Å². The van der Waals surface area contributed by atoms with Crippen molar-refractivity contribution in [1.29, 1.82) is 5.26 Å². The zero-order valence-electron chi connectivity index (χ0n) is 20.9. The van der Waals surface area contributed by atoms with Gasteiger partial charge < -0.3 is 29.4 Å². The summed E-state index contributed by atoms with van der Waals surface area (Å²) in [5.74, 6) is 1.45. The number of ether oxygens (including phenoxy) is 5. The molecule has 1 atom stereocenters. The van der Waals surface area contributed by atoms with Gasteiger partial charge in [0.15, 0.2) is 11.5 Å². The van der Waals surface area contributed by atoms with Crippen molar-refractivity contribution in [3.63, 3.8) is 0 Å². The number of allylic oxidation sites excluding steroid dienone is 1. The number of nitrogens with two attached hydrogens (primary N) is 1. The first kappa shape index (κ1) is 25.5. The highest BCUT2D eigenvalue weighted by molar-refractivity contribution is 5.91. The van der Waals surface area contributed by atoms with E-state index in [9.17, 15) is 10.1 Å². The summed E-state index contributed by atoms with van der Waals surface area (Å²) in [6.45, 7) is 2.68. The van der Waals surface area contributed by atoms with Crippen molar-refractivity contribution in [2.75, 3.05) is 20.8 Å². The number of fused-ring (bicyclic) bond motifs is 1. The van der Waals surface area contributed by atoms with Crippen LogP contribution in [0.5, 0.6) is 28.7 Å². The molecule has 8 nitrogen and oxygen atoms in total. The van der Waals surface area contributed by atoms with E-state index >= 15 is 0 Å². The summed E-state index contributed by atoms with van der Waals surface area (Å²) in [5, 5.41) is 9.88.